The van der Waals surface area contributed by atoms with Crippen molar-refractivity contribution >= 4 is 5.97 Å². The molecule has 0 aliphatic carbocycles. The molecule has 2 nitrogen and oxygen atoms in total. The Labute approximate surface area is 103 Å². The number of hydrogen-bond acceptors (Lipinski definition) is 1. The van der Waals surface area contributed by atoms with Crippen molar-refractivity contribution < 1.29 is 18.7 Å². The predicted molar refractivity (Wildman–Crippen MR) is 63.5 cm³/mol. The van der Waals surface area contributed by atoms with Gasteiger partial charge in [0, 0.05) is 5.56 Å². The molecule has 0 aliphatic rings. The van der Waals surface area contributed by atoms with Gasteiger partial charge in [0.1, 0.15) is 0 Å². The quantitative estimate of drug-likeness (QED) is 0.880. The first-order chi connectivity index (χ1) is 8.50. The average molecular weight is 248 g/mol. The van der Waals surface area contributed by atoms with Gasteiger partial charge in [0.15, 0.2) is 11.6 Å². The molecular weight excluding hydrogens is 238 g/mol. The van der Waals surface area contributed by atoms with Gasteiger partial charge in [0.05, 0.1) is 5.56 Å². The summed E-state index contributed by atoms with van der Waals surface area (Å²) in [5.41, 5.74) is 0.900. The minimum atomic E-state index is -1.48. The molecule has 0 saturated carbocycles. The highest BCUT2D eigenvalue weighted by atomic mass is 19.2. The molecule has 0 saturated heterocycles. The predicted octanol–water partition coefficient (Wildman–Crippen LogP) is 3.64. The zero-order valence-electron chi connectivity index (χ0n) is 9.58. The van der Waals surface area contributed by atoms with Crippen molar-refractivity contribution in [2.24, 2.45) is 0 Å². The second-order valence-electron chi connectivity index (χ2n) is 3.96. The van der Waals surface area contributed by atoms with Gasteiger partial charge in [-0.1, -0.05) is 35.9 Å². The van der Waals surface area contributed by atoms with E-state index < -0.39 is 23.2 Å². The van der Waals surface area contributed by atoms with Crippen LogP contribution < -0.4 is 0 Å². The molecule has 0 aromatic heterocycles. The number of aryl methyl sites for hydroxylation is 1. The normalized spacial score (nSPS) is 10.4. The third kappa shape index (κ3) is 2.09. The van der Waals surface area contributed by atoms with E-state index in [2.05, 4.69) is 0 Å². The molecule has 0 amide bonds. The Bertz CT molecular complexity index is 604. The Hall–Kier alpha value is -2.23. The largest absolute Gasteiger partial charge is 0.478 e. The van der Waals surface area contributed by atoms with Crippen molar-refractivity contribution in [3.8, 4) is 11.1 Å². The lowest BCUT2D eigenvalue weighted by molar-refractivity contribution is 0.0690. The second kappa shape index (κ2) is 4.56. The van der Waals surface area contributed by atoms with E-state index in [1.807, 2.05) is 6.92 Å². The lowest BCUT2D eigenvalue weighted by atomic mass is 10.0. The Morgan fingerprint density at radius 3 is 2.17 bits per heavy atom. The van der Waals surface area contributed by atoms with Gasteiger partial charge >= 0.3 is 5.97 Å². The Morgan fingerprint density at radius 2 is 1.61 bits per heavy atom. The summed E-state index contributed by atoms with van der Waals surface area (Å²) < 4.78 is 27.3. The summed E-state index contributed by atoms with van der Waals surface area (Å²) in [7, 11) is 0. The van der Waals surface area contributed by atoms with Gasteiger partial charge in [-0.3, -0.25) is 0 Å². The summed E-state index contributed by atoms with van der Waals surface area (Å²) in [6.07, 6.45) is 0. The average Bonchev–Trinajstić information content (AvgIpc) is 2.33. The molecule has 2 rings (SSSR count). The molecule has 0 heterocycles. The first-order valence-corrected chi connectivity index (χ1v) is 5.29. The van der Waals surface area contributed by atoms with Crippen LogP contribution in [0.25, 0.3) is 11.1 Å². The van der Waals surface area contributed by atoms with Gasteiger partial charge in [0.2, 0.25) is 0 Å². The Morgan fingerprint density at radius 1 is 1.00 bits per heavy atom. The highest BCUT2D eigenvalue weighted by Crippen LogP contribution is 2.26. The molecule has 0 atom stereocenters. The van der Waals surface area contributed by atoms with E-state index in [0.29, 0.717) is 5.56 Å². The van der Waals surface area contributed by atoms with Crippen molar-refractivity contribution in [3.05, 3.63) is 59.2 Å². The van der Waals surface area contributed by atoms with E-state index in [1.165, 1.54) is 6.07 Å². The molecule has 2 aromatic carbocycles. The Kier molecular flexibility index (Phi) is 3.10. The van der Waals surface area contributed by atoms with Crippen LogP contribution in [0.4, 0.5) is 8.78 Å². The molecule has 4 heteroatoms. The van der Waals surface area contributed by atoms with Crippen molar-refractivity contribution in [2.45, 2.75) is 6.92 Å². The van der Waals surface area contributed by atoms with Gasteiger partial charge in [-0.15, -0.1) is 0 Å². The number of carboxylic acid groups (broad SMARTS) is 1. The molecule has 0 radical (unpaired) electrons. The number of hydrogen-bond donors (Lipinski definition) is 1. The smallest absolute Gasteiger partial charge is 0.338 e. The minimum Gasteiger partial charge on any atom is -0.478 e. The second-order valence-corrected chi connectivity index (χ2v) is 3.96. The van der Waals surface area contributed by atoms with Crippen LogP contribution in [0.5, 0.6) is 0 Å². The van der Waals surface area contributed by atoms with Crippen molar-refractivity contribution in [3.63, 3.8) is 0 Å². The van der Waals surface area contributed by atoms with E-state index >= 15 is 0 Å². The zero-order valence-corrected chi connectivity index (χ0v) is 9.58. The summed E-state index contributed by atoms with van der Waals surface area (Å²) in [5.74, 6) is -3.96. The van der Waals surface area contributed by atoms with E-state index in [9.17, 15) is 13.6 Å². The first-order valence-electron chi connectivity index (χ1n) is 5.29. The van der Waals surface area contributed by atoms with Crippen LogP contribution in [-0.2, 0) is 0 Å². The summed E-state index contributed by atoms with van der Waals surface area (Å²) in [6.45, 7) is 1.88. The summed E-state index contributed by atoms with van der Waals surface area (Å²) in [6, 6.07) is 9.21. The van der Waals surface area contributed by atoms with Gasteiger partial charge in [-0.05, 0) is 18.6 Å². The van der Waals surface area contributed by atoms with Crippen LogP contribution >= 0.6 is 0 Å². The van der Waals surface area contributed by atoms with Crippen LogP contribution in [0, 0.1) is 18.6 Å². The molecule has 0 aliphatic heterocycles. The van der Waals surface area contributed by atoms with E-state index in [0.717, 1.165) is 11.6 Å². The molecule has 92 valence electrons. The van der Waals surface area contributed by atoms with Crippen molar-refractivity contribution in [2.75, 3.05) is 0 Å². The van der Waals surface area contributed by atoms with Gasteiger partial charge in [-0.2, -0.15) is 0 Å². The highest BCUT2D eigenvalue weighted by Gasteiger charge is 2.18. The first kappa shape index (κ1) is 12.2. The van der Waals surface area contributed by atoms with Crippen molar-refractivity contribution in [1.82, 2.24) is 0 Å². The molecule has 0 unspecified atom stereocenters. The van der Waals surface area contributed by atoms with Crippen LogP contribution in [0.2, 0.25) is 0 Å². The maximum Gasteiger partial charge on any atom is 0.338 e. The van der Waals surface area contributed by atoms with Crippen LogP contribution in [-0.4, -0.2) is 11.1 Å². The standard InChI is InChI=1S/C14H10F2O2/c1-8-2-4-9(5-3-8)10-6-7-11(14(17)18)13(16)12(10)15/h2-7H,1H3,(H,17,18). The molecule has 0 fully saturated rings. The number of carboxylic acids is 1. The molecule has 0 bridgehead atoms. The number of halogens is 2. The third-order valence-corrected chi connectivity index (χ3v) is 2.68. The number of rotatable bonds is 2. The Balaban J connectivity index is 2.57. The van der Waals surface area contributed by atoms with Crippen molar-refractivity contribution in [1.29, 1.82) is 0 Å². The van der Waals surface area contributed by atoms with E-state index in [1.54, 1.807) is 24.3 Å². The maximum absolute atomic E-state index is 13.8. The SMILES string of the molecule is Cc1ccc(-c2ccc(C(=O)O)c(F)c2F)cc1. The van der Waals surface area contributed by atoms with E-state index in [-0.39, 0.29) is 5.56 Å². The van der Waals surface area contributed by atoms with Crippen LogP contribution in [0.3, 0.4) is 0 Å². The van der Waals surface area contributed by atoms with Crippen LogP contribution in [0.15, 0.2) is 36.4 Å². The number of aromatic carboxylic acids is 1. The van der Waals surface area contributed by atoms with Gasteiger partial charge in [-0.25, -0.2) is 13.6 Å². The fourth-order valence-electron chi connectivity index (χ4n) is 1.67. The summed E-state index contributed by atoms with van der Waals surface area (Å²) in [5, 5.41) is 8.68. The lowest BCUT2D eigenvalue weighted by Crippen LogP contribution is -2.03. The topological polar surface area (TPSA) is 37.3 Å². The molecule has 1 N–H and O–H groups in total. The zero-order chi connectivity index (χ0) is 13.3. The highest BCUT2D eigenvalue weighted by molar-refractivity contribution is 5.88. The molecular formula is C14H10F2O2. The summed E-state index contributed by atoms with van der Waals surface area (Å²) in [4.78, 5) is 10.7. The third-order valence-electron chi connectivity index (χ3n) is 2.68. The monoisotopic (exact) mass is 248 g/mol. The van der Waals surface area contributed by atoms with Gasteiger partial charge in [0.25, 0.3) is 0 Å². The number of carbonyl (C=O) groups is 1. The molecule has 18 heavy (non-hydrogen) atoms. The van der Waals surface area contributed by atoms with E-state index in [4.69, 9.17) is 5.11 Å². The lowest BCUT2D eigenvalue weighted by Gasteiger charge is -2.06. The maximum atomic E-state index is 13.8. The summed E-state index contributed by atoms with van der Waals surface area (Å²) >= 11 is 0. The molecule has 2 aromatic rings. The van der Waals surface area contributed by atoms with Crippen LogP contribution in [0.1, 0.15) is 15.9 Å². The van der Waals surface area contributed by atoms with Gasteiger partial charge < -0.3 is 5.11 Å². The number of benzene rings is 2. The molecule has 0 spiro atoms. The fourth-order valence-corrected chi connectivity index (χ4v) is 1.67. The minimum absolute atomic E-state index is 0.0532. The fraction of sp³-hybridized carbons (Fsp3) is 0.0714.